The summed E-state index contributed by atoms with van der Waals surface area (Å²) in [6.45, 7) is 4.11. The minimum absolute atomic E-state index is 0.0476. The zero-order chi connectivity index (χ0) is 18.1. The molecule has 4 rings (SSSR count). The van der Waals surface area contributed by atoms with Crippen molar-refractivity contribution in [2.75, 3.05) is 0 Å². The highest BCUT2D eigenvalue weighted by atomic mass is 32.2. The number of thiophene rings is 1. The van der Waals surface area contributed by atoms with Crippen LogP contribution in [0.3, 0.4) is 0 Å². The minimum atomic E-state index is 0.0476. The van der Waals surface area contributed by atoms with Gasteiger partial charge in [-0.1, -0.05) is 35.9 Å². The van der Waals surface area contributed by atoms with Gasteiger partial charge in [-0.2, -0.15) is 0 Å². The number of rotatable bonds is 3. The first kappa shape index (κ1) is 17.0. The lowest BCUT2D eigenvalue weighted by Crippen LogP contribution is -2.00. The molecule has 0 radical (unpaired) electrons. The summed E-state index contributed by atoms with van der Waals surface area (Å²) in [4.78, 5) is 20.0. The highest BCUT2D eigenvalue weighted by molar-refractivity contribution is 8.14. The number of aromatic nitrogens is 1. The lowest BCUT2D eigenvalue weighted by molar-refractivity contribution is 0.109. The van der Waals surface area contributed by atoms with Crippen LogP contribution < -0.4 is 0 Å². The molecule has 0 saturated carbocycles. The predicted octanol–water partition coefficient (Wildman–Crippen LogP) is 6.51. The third kappa shape index (κ3) is 3.30. The van der Waals surface area contributed by atoms with Crippen molar-refractivity contribution in [3.8, 4) is 10.6 Å². The first-order chi connectivity index (χ1) is 12.6. The van der Waals surface area contributed by atoms with Crippen LogP contribution in [0.2, 0.25) is 0 Å². The predicted molar refractivity (Wildman–Crippen MR) is 111 cm³/mol. The summed E-state index contributed by atoms with van der Waals surface area (Å²) < 4.78 is 0. The van der Waals surface area contributed by atoms with Gasteiger partial charge in [0, 0.05) is 15.8 Å². The number of benzene rings is 2. The van der Waals surface area contributed by atoms with E-state index in [-0.39, 0.29) is 5.12 Å². The molecule has 0 atom stereocenters. The Morgan fingerprint density at radius 1 is 1.00 bits per heavy atom. The largest absolute Gasteiger partial charge is 0.281 e. The van der Waals surface area contributed by atoms with Crippen molar-refractivity contribution in [2.24, 2.45) is 0 Å². The molecule has 2 heterocycles. The number of pyridine rings is 1. The van der Waals surface area contributed by atoms with Gasteiger partial charge in [-0.25, -0.2) is 4.98 Å². The first-order valence-corrected chi connectivity index (χ1v) is 10.0. The maximum Gasteiger partial charge on any atom is 0.224 e. The van der Waals surface area contributed by atoms with Crippen LogP contribution in [0.4, 0.5) is 0 Å². The van der Waals surface area contributed by atoms with Gasteiger partial charge >= 0.3 is 0 Å². The van der Waals surface area contributed by atoms with E-state index in [9.17, 15) is 4.79 Å². The second kappa shape index (κ2) is 7.06. The Morgan fingerprint density at radius 3 is 2.54 bits per heavy atom. The number of nitrogens with zero attached hydrogens (tertiary/aromatic N) is 1. The Hall–Kier alpha value is -2.43. The smallest absolute Gasteiger partial charge is 0.224 e. The fourth-order valence-corrected chi connectivity index (χ4v) is 4.52. The Morgan fingerprint density at radius 2 is 1.81 bits per heavy atom. The van der Waals surface area contributed by atoms with Crippen molar-refractivity contribution >= 4 is 39.1 Å². The molecule has 2 aromatic carbocycles. The van der Waals surface area contributed by atoms with Gasteiger partial charge in [-0.3, -0.25) is 4.79 Å². The van der Waals surface area contributed by atoms with Crippen LogP contribution in [-0.2, 0) is 0 Å². The van der Waals surface area contributed by atoms with Gasteiger partial charge in [0.15, 0.2) is 0 Å². The molecule has 2 aromatic heterocycles. The number of thioether (sulfide) groups is 1. The van der Waals surface area contributed by atoms with Crippen LogP contribution >= 0.6 is 23.1 Å². The zero-order valence-electron chi connectivity index (χ0n) is 14.5. The SMILES string of the molecule is Cc1cc(C)c2nc(-c3cccs3)cc(C(=O)Sc3ccccc3)c2c1. The molecule has 0 aliphatic carbocycles. The highest BCUT2D eigenvalue weighted by Crippen LogP contribution is 2.33. The van der Waals surface area contributed by atoms with Gasteiger partial charge in [-0.15, -0.1) is 11.3 Å². The molecule has 26 heavy (non-hydrogen) atoms. The summed E-state index contributed by atoms with van der Waals surface area (Å²) in [5, 5.41) is 3.01. The van der Waals surface area contributed by atoms with Gasteiger partial charge < -0.3 is 0 Å². The van der Waals surface area contributed by atoms with E-state index < -0.39 is 0 Å². The maximum absolute atomic E-state index is 13.1. The summed E-state index contributed by atoms with van der Waals surface area (Å²) >= 11 is 2.90. The van der Waals surface area contributed by atoms with Gasteiger partial charge in [0.05, 0.1) is 16.1 Å². The fourth-order valence-electron chi connectivity index (χ4n) is 3.05. The molecule has 0 aliphatic heterocycles. The van der Waals surface area contributed by atoms with Crippen molar-refractivity contribution in [3.05, 3.63) is 82.7 Å². The molecule has 0 unspecified atom stereocenters. The molecule has 4 heteroatoms. The average molecular weight is 376 g/mol. The number of hydrogen-bond donors (Lipinski definition) is 0. The van der Waals surface area contributed by atoms with Gasteiger partial charge in [0.2, 0.25) is 5.12 Å². The normalized spacial score (nSPS) is 11.0. The van der Waals surface area contributed by atoms with E-state index in [1.165, 1.54) is 11.8 Å². The van der Waals surface area contributed by atoms with Gasteiger partial charge in [0.1, 0.15) is 0 Å². The summed E-state index contributed by atoms with van der Waals surface area (Å²) in [5.74, 6) is 0. The number of aryl methyl sites for hydroxylation is 2. The number of carbonyl (C=O) groups excluding carboxylic acids is 1. The van der Waals surface area contributed by atoms with E-state index in [1.807, 2.05) is 53.9 Å². The highest BCUT2D eigenvalue weighted by Gasteiger charge is 2.17. The van der Waals surface area contributed by atoms with Crippen molar-refractivity contribution in [2.45, 2.75) is 18.7 Å². The van der Waals surface area contributed by atoms with Gasteiger partial charge in [0.25, 0.3) is 0 Å². The Balaban J connectivity index is 1.89. The van der Waals surface area contributed by atoms with Crippen molar-refractivity contribution in [3.63, 3.8) is 0 Å². The van der Waals surface area contributed by atoms with Crippen LogP contribution in [-0.4, -0.2) is 10.1 Å². The third-order valence-electron chi connectivity index (χ3n) is 4.20. The molecule has 0 amide bonds. The Bertz CT molecular complexity index is 1090. The van der Waals surface area contributed by atoms with Gasteiger partial charge in [-0.05, 0) is 66.9 Å². The van der Waals surface area contributed by atoms with E-state index in [4.69, 9.17) is 4.98 Å². The topological polar surface area (TPSA) is 30.0 Å². The summed E-state index contributed by atoms with van der Waals surface area (Å²) in [7, 11) is 0. The molecule has 2 nitrogen and oxygen atoms in total. The molecule has 0 bridgehead atoms. The molecule has 0 spiro atoms. The Labute approximate surface area is 160 Å². The maximum atomic E-state index is 13.1. The van der Waals surface area contributed by atoms with E-state index in [1.54, 1.807) is 11.3 Å². The molecule has 128 valence electrons. The van der Waals surface area contributed by atoms with Crippen LogP contribution in [0.15, 0.2) is 70.9 Å². The average Bonchev–Trinajstić information content (AvgIpc) is 3.16. The van der Waals surface area contributed by atoms with Crippen LogP contribution in [0.25, 0.3) is 21.5 Å². The first-order valence-electron chi connectivity index (χ1n) is 8.35. The summed E-state index contributed by atoms with van der Waals surface area (Å²) in [6, 6.07) is 19.9. The quantitative estimate of drug-likeness (QED) is 0.382. The molecule has 0 N–H and O–H groups in total. The van der Waals surface area contributed by atoms with Crippen LogP contribution in [0.1, 0.15) is 21.5 Å². The fraction of sp³-hybridized carbons (Fsp3) is 0.0909. The van der Waals surface area contributed by atoms with Crippen molar-refractivity contribution in [1.29, 1.82) is 0 Å². The molecule has 0 aliphatic rings. The standard InChI is InChI=1S/C22H17NOS2/c1-14-11-15(2)21-17(12-14)18(13-19(23-21)20-9-6-10-25-20)22(24)26-16-7-4-3-5-8-16/h3-13H,1-2H3. The monoisotopic (exact) mass is 375 g/mol. The van der Waals surface area contributed by atoms with E-state index in [2.05, 4.69) is 26.0 Å². The lowest BCUT2D eigenvalue weighted by atomic mass is 10.0. The van der Waals surface area contributed by atoms with Crippen LogP contribution in [0, 0.1) is 13.8 Å². The Kier molecular flexibility index (Phi) is 4.62. The van der Waals surface area contributed by atoms with Crippen LogP contribution in [0.5, 0.6) is 0 Å². The third-order valence-corrected chi connectivity index (χ3v) is 6.00. The second-order valence-electron chi connectivity index (χ2n) is 6.21. The molecular weight excluding hydrogens is 358 g/mol. The summed E-state index contributed by atoms with van der Waals surface area (Å²) in [6.07, 6.45) is 0. The van der Waals surface area contributed by atoms with E-state index >= 15 is 0 Å². The second-order valence-corrected chi connectivity index (χ2v) is 8.21. The molecule has 0 saturated heterocycles. The molecule has 4 aromatic rings. The van der Waals surface area contributed by atoms with E-state index in [0.29, 0.717) is 0 Å². The minimum Gasteiger partial charge on any atom is -0.281 e. The summed E-state index contributed by atoms with van der Waals surface area (Å²) in [5.41, 5.74) is 4.71. The molecule has 0 fully saturated rings. The van der Waals surface area contributed by atoms with Crippen molar-refractivity contribution in [1.82, 2.24) is 4.98 Å². The number of fused-ring (bicyclic) bond motifs is 1. The zero-order valence-corrected chi connectivity index (χ0v) is 16.2. The molecular formula is C22H17NOS2. The van der Waals surface area contributed by atoms with Crippen molar-refractivity contribution < 1.29 is 4.79 Å². The number of hydrogen-bond acceptors (Lipinski definition) is 4. The number of carbonyl (C=O) groups is 1. The lowest BCUT2D eigenvalue weighted by Gasteiger charge is -2.11. The van der Waals surface area contributed by atoms with E-state index in [0.717, 1.165) is 43.1 Å².